The molecule has 0 aromatic carbocycles. The molecule has 2 atom stereocenters. The van der Waals surface area contributed by atoms with Crippen LogP contribution in [-0.4, -0.2) is 10.2 Å². The molecule has 104 valence electrons. The van der Waals surface area contributed by atoms with Crippen molar-refractivity contribution in [2.24, 2.45) is 0 Å². The first-order chi connectivity index (χ1) is 9.74. The number of rotatable bonds is 5. The maximum Gasteiger partial charge on any atom is 0.274 e. The van der Waals surface area contributed by atoms with Crippen molar-refractivity contribution >= 4 is 11.3 Å². The Hall–Kier alpha value is -1.92. The van der Waals surface area contributed by atoms with Crippen LogP contribution in [0.15, 0.2) is 44.7 Å². The summed E-state index contributed by atoms with van der Waals surface area (Å²) in [7, 11) is 0. The SMILES string of the molecule is C[C@H]([NH2+][C@H](C)c1ccco1)c1nnc(-c2cccs2)o1. The highest BCUT2D eigenvalue weighted by atomic mass is 32.1. The molecule has 0 aliphatic rings. The Kier molecular flexibility index (Phi) is 3.66. The Morgan fingerprint density at radius 2 is 2.05 bits per heavy atom. The molecule has 5 nitrogen and oxygen atoms in total. The van der Waals surface area contributed by atoms with E-state index in [4.69, 9.17) is 8.83 Å². The average Bonchev–Trinajstić information content (AvgIpc) is 3.19. The fourth-order valence-corrected chi connectivity index (χ4v) is 2.72. The van der Waals surface area contributed by atoms with Crippen LogP contribution < -0.4 is 5.32 Å². The molecule has 0 fully saturated rings. The van der Waals surface area contributed by atoms with Crippen molar-refractivity contribution < 1.29 is 14.2 Å². The van der Waals surface area contributed by atoms with Crippen molar-refractivity contribution in [3.63, 3.8) is 0 Å². The predicted octanol–water partition coefficient (Wildman–Crippen LogP) is 2.78. The smallest absolute Gasteiger partial charge is 0.274 e. The van der Waals surface area contributed by atoms with Crippen molar-refractivity contribution in [1.82, 2.24) is 10.2 Å². The van der Waals surface area contributed by atoms with Crippen LogP contribution in [0.4, 0.5) is 0 Å². The van der Waals surface area contributed by atoms with E-state index in [0.717, 1.165) is 10.6 Å². The zero-order chi connectivity index (χ0) is 13.9. The number of aromatic nitrogens is 2. The van der Waals surface area contributed by atoms with Gasteiger partial charge in [-0.1, -0.05) is 6.07 Å². The van der Waals surface area contributed by atoms with E-state index in [1.165, 1.54) is 0 Å². The first-order valence-electron chi connectivity index (χ1n) is 6.49. The molecule has 2 N–H and O–H groups in total. The van der Waals surface area contributed by atoms with E-state index in [2.05, 4.69) is 22.4 Å². The summed E-state index contributed by atoms with van der Waals surface area (Å²) in [6.45, 7) is 4.14. The number of nitrogens with two attached hydrogens (primary N) is 1. The van der Waals surface area contributed by atoms with E-state index in [-0.39, 0.29) is 12.1 Å². The summed E-state index contributed by atoms with van der Waals surface area (Å²) in [5.41, 5.74) is 0. The Balaban J connectivity index is 1.70. The molecular weight excluding hydrogens is 274 g/mol. The zero-order valence-electron chi connectivity index (χ0n) is 11.3. The van der Waals surface area contributed by atoms with Crippen LogP contribution in [0.1, 0.15) is 37.6 Å². The van der Waals surface area contributed by atoms with Crippen LogP contribution in [0, 0.1) is 0 Å². The van der Waals surface area contributed by atoms with Gasteiger partial charge in [0.25, 0.3) is 11.8 Å². The molecule has 3 heterocycles. The van der Waals surface area contributed by atoms with E-state index in [1.807, 2.05) is 36.6 Å². The molecule has 0 radical (unpaired) electrons. The molecule has 0 saturated heterocycles. The minimum atomic E-state index is 0.0799. The van der Waals surface area contributed by atoms with Gasteiger partial charge < -0.3 is 14.2 Å². The Bertz CT molecular complexity index is 646. The lowest BCUT2D eigenvalue weighted by atomic mass is 10.2. The third-order valence-corrected chi connectivity index (χ3v) is 3.99. The molecule has 20 heavy (non-hydrogen) atoms. The highest BCUT2D eigenvalue weighted by Crippen LogP contribution is 2.24. The molecule has 0 amide bonds. The van der Waals surface area contributed by atoms with Gasteiger partial charge in [-0.25, -0.2) is 0 Å². The molecule has 3 rings (SSSR count). The van der Waals surface area contributed by atoms with Crippen LogP contribution in [0.25, 0.3) is 10.8 Å². The molecule has 0 aliphatic heterocycles. The molecule has 0 aliphatic carbocycles. The third kappa shape index (κ3) is 2.66. The van der Waals surface area contributed by atoms with Crippen LogP contribution in [-0.2, 0) is 0 Å². The van der Waals surface area contributed by atoms with Crippen molar-refractivity contribution in [3.05, 3.63) is 47.6 Å². The maximum atomic E-state index is 5.73. The van der Waals surface area contributed by atoms with E-state index in [1.54, 1.807) is 17.6 Å². The molecule has 3 aromatic heterocycles. The molecule has 0 spiro atoms. The monoisotopic (exact) mass is 290 g/mol. The van der Waals surface area contributed by atoms with Crippen molar-refractivity contribution in [2.75, 3.05) is 0 Å². The standard InChI is InChI=1S/C14H15N3O2S/c1-9(11-5-3-7-18-11)15-10(2)13-16-17-14(19-13)12-6-4-8-20-12/h3-10,15H,1-2H3/p+1/t9-,10+/m1/s1. The number of hydrogen-bond donors (Lipinski definition) is 1. The summed E-state index contributed by atoms with van der Waals surface area (Å²) in [6.07, 6.45) is 1.69. The van der Waals surface area contributed by atoms with E-state index >= 15 is 0 Å². The number of hydrogen-bond acceptors (Lipinski definition) is 5. The number of quaternary nitrogens is 1. The highest BCUT2D eigenvalue weighted by Gasteiger charge is 2.22. The quantitative estimate of drug-likeness (QED) is 0.784. The number of thiophene rings is 1. The van der Waals surface area contributed by atoms with E-state index in [9.17, 15) is 0 Å². The number of furan rings is 1. The van der Waals surface area contributed by atoms with Gasteiger partial charge in [0.15, 0.2) is 11.8 Å². The van der Waals surface area contributed by atoms with Crippen molar-refractivity contribution in [3.8, 4) is 10.8 Å². The minimum absolute atomic E-state index is 0.0799. The summed E-state index contributed by atoms with van der Waals surface area (Å²) in [5, 5.41) is 12.4. The Labute approximate surface area is 120 Å². The fraction of sp³-hybridized carbons (Fsp3) is 0.286. The first kappa shape index (κ1) is 13.1. The third-order valence-electron chi connectivity index (χ3n) is 3.13. The lowest BCUT2D eigenvalue weighted by Crippen LogP contribution is -2.85. The molecular formula is C14H16N3O2S+. The summed E-state index contributed by atoms with van der Waals surface area (Å²) in [6, 6.07) is 8.10. The van der Waals surface area contributed by atoms with Gasteiger partial charge in [-0.2, -0.15) is 0 Å². The van der Waals surface area contributed by atoms with Gasteiger partial charge in [-0.3, -0.25) is 0 Å². The predicted molar refractivity (Wildman–Crippen MR) is 75.1 cm³/mol. The molecule has 0 bridgehead atoms. The summed E-state index contributed by atoms with van der Waals surface area (Å²) >= 11 is 1.59. The van der Waals surface area contributed by atoms with Gasteiger partial charge in [0.1, 0.15) is 6.04 Å². The van der Waals surface area contributed by atoms with Gasteiger partial charge in [-0.15, -0.1) is 21.5 Å². The lowest BCUT2D eigenvalue weighted by molar-refractivity contribution is -0.732. The van der Waals surface area contributed by atoms with Crippen LogP contribution in [0.2, 0.25) is 0 Å². The zero-order valence-corrected chi connectivity index (χ0v) is 12.1. The molecule has 0 unspecified atom stereocenters. The average molecular weight is 290 g/mol. The summed E-state index contributed by atoms with van der Waals surface area (Å²) in [5.74, 6) is 2.16. The highest BCUT2D eigenvalue weighted by molar-refractivity contribution is 7.13. The Morgan fingerprint density at radius 1 is 1.15 bits per heavy atom. The van der Waals surface area contributed by atoms with Crippen LogP contribution in [0.3, 0.4) is 0 Å². The van der Waals surface area contributed by atoms with Gasteiger partial charge in [0.2, 0.25) is 0 Å². The van der Waals surface area contributed by atoms with Crippen molar-refractivity contribution in [2.45, 2.75) is 25.9 Å². The van der Waals surface area contributed by atoms with Gasteiger partial charge >= 0.3 is 0 Å². The second kappa shape index (κ2) is 5.60. The fourth-order valence-electron chi connectivity index (χ4n) is 2.08. The van der Waals surface area contributed by atoms with Gasteiger partial charge in [-0.05, 0) is 37.4 Å². The molecule has 6 heteroatoms. The minimum Gasteiger partial charge on any atom is -0.463 e. The second-order valence-corrected chi connectivity index (χ2v) is 5.66. The van der Waals surface area contributed by atoms with E-state index in [0.29, 0.717) is 11.8 Å². The molecule has 0 saturated carbocycles. The summed E-state index contributed by atoms with van der Waals surface area (Å²) in [4.78, 5) is 0.995. The first-order valence-corrected chi connectivity index (χ1v) is 7.37. The molecule has 3 aromatic rings. The van der Waals surface area contributed by atoms with Crippen LogP contribution >= 0.6 is 11.3 Å². The second-order valence-electron chi connectivity index (χ2n) is 4.71. The topological polar surface area (TPSA) is 68.7 Å². The van der Waals surface area contributed by atoms with Crippen molar-refractivity contribution in [1.29, 1.82) is 0 Å². The largest absolute Gasteiger partial charge is 0.463 e. The summed E-state index contributed by atoms with van der Waals surface area (Å²) < 4.78 is 11.1. The van der Waals surface area contributed by atoms with Gasteiger partial charge in [0, 0.05) is 0 Å². The number of nitrogens with zero attached hydrogens (tertiary/aromatic N) is 2. The maximum absolute atomic E-state index is 5.73. The van der Waals surface area contributed by atoms with Gasteiger partial charge in [0.05, 0.1) is 11.1 Å². The normalized spacial score (nSPS) is 14.3. The van der Waals surface area contributed by atoms with Crippen LogP contribution in [0.5, 0.6) is 0 Å². The lowest BCUT2D eigenvalue weighted by Gasteiger charge is -2.11. The van der Waals surface area contributed by atoms with E-state index < -0.39 is 0 Å². The Morgan fingerprint density at radius 3 is 2.75 bits per heavy atom.